The van der Waals surface area contributed by atoms with Crippen LogP contribution in [0.1, 0.15) is 23.6 Å². The molecule has 0 spiro atoms. The molecule has 0 radical (unpaired) electrons. The van der Waals surface area contributed by atoms with Gasteiger partial charge in [0.05, 0.1) is 11.3 Å². The minimum atomic E-state index is -4.39. The summed E-state index contributed by atoms with van der Waals surface area (Å²) in [5, 5.41) is 10.5. The molecule has 0 saturated heterocycles. The quantitative estimate of drug-likeness (QED) is 0.660. The highest BCUT2D eigenvalue weighted by Crippen LogP contribution is 2.30. The van der Waals surface area contributed by atoms with Gasteiger partial charge in [0.15, 0.2) is 0 Å². The Morgan fingerprint density at radius 3 is 2.53 bits per heavy atom. The summed E-state index contributed by atoms with van der Waals surface area (Å²) in [6.07, 6.45) is -5.59. The standard InChI is InChI=1S/C10H11F3N2O2/c1-6-2-3-7(15(16)17)4-8(6)9(14)5-10(11,12)13/h2-4,9H,5,14H2,1H3. The Labute approximate surface area is 95.4 Å². The van der Waals surface area contributed by atoms with Gasteiger partial charge in [-0.25, -0.2) is 0 Å². The molecule has 94 valence electrons. The predicted molar refractivity (Wildman–Crippen MR) is 55.4 cm³/mol. The third kappa shape index (κ3) is 3.70. The summed E-state index contributed by atoms with van der Waals surface area (Å²) < 4.78 is 36.5. The van der Waals surface area contributed by atoms with Gasteiger partial charge in [0.1, 0.15) is 0 Å². The summed E-state index contributed by atoms with van der Waals surface area (Å²) in [4.78, 5) is 9.85. The van der Waals surface area contributed by atoms with Gasteiger partial charge in [-0.3, -0.25) is 10.1 Å². The summed E-state index contributed by atoms with van der Waals surface area (Å²) in [5.74, 6) is 0. The van der Waals surface area contributed by atoms with Crippen LogP contribution in [0.4, 0.5) is 18.9 Å². The number of nitrogens with two attached hydrogens (primary N) is 1. The van der Waals surface area contributed by atoms with Crippen LogP contribution in [0.5, 0.6) is 0 Å². The lowest BCUT2D eigenvalue weighted by Gasteiger charge is -2.16. The van der Waals surface area contributed by atoms with Gasteiger partial charge < -0.3 is 5.73 Å². The molecule has 0 aliphatic carbocycles. The molecule has 4 nitrogen and oxygen atoms in total. The average Bonchev–Trinajstić information content (AvgIpc) is 2.14. The fraction of sp³-hybridized carbons (Fsp3) is 0.400. The Kier molecular flexibility index (Phi) is 3.72. The normalized spacial score (nSPS) is 13.5. The summed E-state index contributed by atoms with van der Waals surface area (Å²) in [5.41, 5.74) is 5.80. The lowest BCUT2D eigenvalue weighted by atomic mass is 9.98. The Bertz CT molecular complexity index is 432. The molecule has 0 aromatic heterocycles. The molecule has 0 bridgehead atoms. The number of nitro benzene ring substituents is 1. The van der Waals surface area contributed by atoms with Gasteiger partial charge in [0.25, 0.3) is 5.69 Å². The van der Waals surface area contributed by atoms with Crippen LogP contribution in [0.25, 0.3) is 0 Å². The van der Waals surface area contributed by atoms with Crippen molar-refractivity contribution < 1.29 is 18.1 Å². The SMILES string of the molecule is Cc1ccc([N+](=O)[O-])cc1C(N)CC(F)(F)F. The lowest BCUT2D eigenvalue weighted by Crippen LogP contribution is -2.21. The molecule has 0 amide bonds. The molecule has 1 rings (SSSR count). The first kappa shape index (κ1) is 13.4. The molecule has 1 atom stereocenters. The molecule has 0 aliphatic heterocycles. The number of halogens is 3. The van der Waals surface area contributed by atoms with Crippen molar-refractivity contribution in [1.29, 1.82) is 0 Å². The maximum atomic E-state index is 12.2. The van der Waals surface area contributed by atoms with Gasteiger partial charge in [-0.1, -0.05) is 6.07 Å². The zero-order valence-electron chi connectivity index (χ0n) is 8.99. The second-order valence-corrected chi connectivity index (χ2v) is 3.72. The second-order valence-electron chi connectivity index (χ2n) is 3.72. The Balaban J connectivity index is 3.04. The maximum Gasteiger partial charge on any atom is 0.390 e. The fourth-order valence-electron chi connectivity index (χ4n) is 1.50. The molecular formula is C10H11F3N2O2. The molecule has 0 aliphatic rings. The highest BCUT2D eigenvalue weighted by atomic mass is 19.4. The van der Waals surface area contributed by atoms with Crippen molar-refractivity contribution in [2.75, 3.05) is 0 Å². The molecule has 1 unspecified atom stereocenters. The number of alkyl halides is 3. The number of benzene rings is 1. The van der Waals surface area contributed by atoms with Crippen LogP contribution in [0.3, 0.4) is 0 Å². The largest absolute Gasteiger partial charge is 0.390 e. The lowest BCUT2D eigenvalue weighted by molar-refractivity contribution is -0.385. The summed E-state index contributed by atoms with van der Waals surface area (Å²) in [7, 11) is 0. The predicted octanol–water partition coefficient (Wildman–Crippen LogP) is 2.86. The van der Waals surface area contributed by atoms with Crippen LogP contribution in [0.2, 0.25) is 0 Å². The molecule has 0 fully saturated rings. The third-order valence-electron chi connectivity index (χ3n) is 2.32. The molecule has 0 heterocycles. The topological polar surface area (TPSA) is 69.2 Å². The van der Waals surface area contributed by atoms with Gasteiger partial charge in [0, 0.05) is 18.2 Å². The minimum absolute atomic E-state index is 0.150. The first-order chi connectivity index (χ1) is 7.70. The highest BCUT2D eigenvalue weighted by molar-refractivity contribution is 5.40. The van der Waals surface area contributed by atoms with E-state index in [0.29, 0.717) is 5.56 Å². The summed E-state index contributed by atoms with van der Waals surface area (Å²) in [6, 6.07) is 2.43. The van der Waals surface area contributed by atoms with Crippen molar-refractivity contribution in [1.82, 2.24) is 0 Å². The zero-order chi connectivity index (χ0) is 13.2. The van der Waals surface area contributed by atoms with Crippen molar-refractivity contribution in [3.63, 3.8) is 0 Å². The monoisotopic (exact) mass is 248 g/mol. The van der Waals surface area contributed by atoms with Crippen molar-refractivity contribution in [3.05, 3.63) is 39.4 Å². The van der Waals surface area contributed by atoms with E-state index in [2.05, 4.69) is 0 Å². The summed E-state index contributed by atoms with van der Waals surface area (Å²) >= 11 is 0. The van der Waals surface area contributed by atoms with Crippen LogP contribution >= 0.6 is 0 Å². The van der Waals surface area contributed by atoms with E-state index in [4.69, 9.17) is 5.73 Å². The Morgan fingerprint density at radius 1 is 1.47 bits per heavy atom. The molecule has 1 aromatic rings. The van der Waals surface area contributed by atoms with Crippen molar-refractivity contribution >= 4 is 5.69 Å². The molecule has 1 aromatic carbocycles. The second kappa shape index (κ2) is 4.70. The van der Waals surface area contributed by atoms with Crippen LogP contribution in [0, 0.1) is 17.0 Å². The van der Waals surface area contributed by atoms with Gasteiger partial charge in [0.2, 0.25) is 0 Å². The average molecular weight is 248 g/mol. The highest BCUT2D eigenvalue weighted by Gasteiger charge is 2.31. The van der Waals surface area contributed by atoms with E-state index < -0.39 is 23.6 Å². The van der Waals surface area contributed by atoms with E-state index in [1.54, 1.807) is 6.92 Å². The maximum absolute atomic E-state index is 12.2. The van der Waals surface area contributed by atoms with Crippen molar-refractivity contribution in [2.24, 2.45) is 5.73 Å². The molecule has 2 N–H and O–H groups in total. The number of hydrogen-bond acceptors (Lipinski definition) is 3. The van der Waals surface area contributed by atoms with Crippen molar-refractivity contribution in [2.45, 2.75) is 25.6 Å². The van der Waals surface area contributed by atoms with E-state index in [1.165, 1.54) is 12.1 Å². The number of non-ortho nitro benzene ring substituents is 1. The van der Waals surface area contributed by atoms with Crippen molar-refractivity contribution in [3.8, 4) is 0 Å². The third-order valence-corrected chi connectivity index (χ3v) is 2.32. The van der Waals surface area contributed by atoms with Gasteiger partial charge in [-0.05, 0) is 18.1 Å². The number of rotatable bonds is 3. The van der Waals surface area contributed by atoms with E-state index in [1.807, 2.05) is 0 Å². The first-order valence-electron chi connectivity index (χ1n) is 4.78. The van der Waals surface area contributed by atoms with Crippen LogP contribution in [-0.4, -0.2) is 11.1 Å². The molecular weight excluding hydrogens is 237 g/mol. The fourth-order valence-corrected chi connectivity index (χ4v) is 1.50. The number of nitro groups is 1. The first-order valence-corrected chi connectivity index (χ1v) is 4.78. The Hall–Kier alpha value is -1.63. The minimum Gasteiger partial charge on any atom is -0.324 e. The van der Waals surface area contributed by atoms with Gasteiger partial charge in [-0.2, -0.15) is 13.2 Å². The van der Waals surface area contributed by atoms with E-state index in [-0.39, 0.29) is 11.3 Å². The smallest absolute Gasteiger partial charge is 0.324 e. The molecule has 7 heteroatoms. The molecule has 0 saturated carbocycles. The summed E-state index contributed by atoms with van der Waals surface area (Å²) in [6.45, 7) is 1.56. The van der Waals surface area contributed by atoms with Gasteiger partial charge in [-0.15, -0.1) is 0 Å². The van der Waals surface area contributed by atoms with E-state index in [9.17, 15) is 23.3 Å². The van der Waals surface area contributed by atoms with Crippen LogP contribution in [0.15, 0.2) is 18.2 Å². The van der Waals surface area contributed by atoms with Crippen LogP contribution in [-0.2, 0) is 0 Å². The number of aryl methyl sites for hydroxylation is 1. The molecule has 17 heavy (non-hydrogen) atoms. The number of hydrogen-bond donors (Lipinski definition) is 1. The van der Waals surface area contributed by atoms with Crippen LogP contribution < -0.4 is 5.73 Å². The Morgan fingerprint density at radius 2 is 2.06 bits per heavy atom. The van der Waals surface area contributed by atoms with Gasteiger partial charge >= 0.3 is 6.18 Å². The van der Waals surface area contributed by atoms with E-state index in [0.717, 1.165) is 6.07 Å². The number of nitrogens with zero attached hydrogens (tertiary/aromatic N) is 1. The zero-order valence-corrected chi connectivity index (χ0v) is 8.99. The van der Waals surface area contributed by atoms with E-state index >= 15 is 0 Å².